The van der Waals surface area contributed by atoms with Crippen LogP contribution in [0.4, 0.5) is 13.6 Å². The van der Waals surface area contributed by atoms with Crippen molar-refractivity contribution in [2.75, 3.05) is 13.2 Å². The smallest absolute Gasteiger partial charge is 0.331 e. The standard InChI is InChI=1S/C28H34F2N4O6S/c1-16-5-6-19(15-31-16)40-18-7-8-22(29)20(13-18)24(33-41(38)28(2,3)4)23(30)14-21-25(35)32-27(37)34(26(21)36)17-9-11-39-12-10-17/h5-8,13,15,17,21,23-24,33H,9-12,14H2,1-4H3,(H,32,35,37)/t21?,23-,24-,41+/m0/s1. The van der Waals surface area contributed by atoms with Crippen LogP contribution in [0.5, 0.6) is 11.5 Å². The maximum absolute atomic E-state index is 16.2. The first-order valence-electron chi connectivity index (χ1n) is 13.3. The normalized spacial score (nSPS) is 20.9. The van der Waals surface area contributed by atoms with Gasteiger partial charge in [0.2, 0.25) is 11.8 Å². The molecule has 0 aliphatic carbocycles. The topological polar surface area (TPSA) is 133 Å². The van der Waals surface area contributed by atoms with Crippen LogP contribution in [0.25, 0.3) is 0 Å². The molecule has 4 amide bonds. The number of hydrogen-bond donors (Lipinski definition) is 2. The molecular weight excluding hydrogens is 558 g/mol. The summed E-state index contributed by atoms with van der Waals surface area (Å²) >= 11 is -1.86. The van der Waals surface area contributed by atoms with Crippen LogP contribution in [-0.4, -0.2) is 62.5 Å². The molecule has 13 heteroatoms. The Hall–Kier alpha value is -3.13. The fourth-order valence-corrected chi connectivity index (χ4v) is 5.45. The molecule has 4 rings (SSSR count). The van der Waals surface area contributed by atoms with Gasteiger partial charge in [0.05, 0.1) is 6.20 Å². The van der Waals surface area contributed by atoms with Crippen LogP contribution in [0, 0.1) is 18.7 Å². The molecule has 2 aromatic rings. The van der Waals surface area contributed by atoms with Gasteiger partial charge in [-0.05, 0) is 70.9 Å². The van der Waals surface area contributed by atoms with Crippen LogP contribution >= 0.6 is 0 Å². The third-order valence-corrected chi connectivity index (χ3v) is 8.47. The lowest BCUT2D eigenvalue weighted by Gasteiger charge is -2.38. The lowest BCUT2D eigenvalue weighted by molar-refractivity contribution is -0.146. The van der Waals surface area contributed by atoms with Gasteiger partial charge in [0.25, 0.3) is 0 Å². The molecule has 2 aliphatic heterocycles. The van der Waals surface area contributed by atoms with Crippen molar-refractivity contribution in [1.29, 1.82) is 0 Å². The maximum Gasteiger partial charge on any atom is 0.331 e. The van der Waals surface area contributed by atoms with E-state index in [9.17, 15) is 18.9 Å². The first-order chi connectivity index (χ1) is 19.3. The lowest BCUT2D eigenvalue weighted by Crippen LogP contribution is -2.62. The molecule has 1 unspecified atom stereocenters. The van der Waals surface area contributed by atoms with E-state index in [1.54, 1.807) is 32.9 Å². The minimum Gasteiger partial charge on any atom is -0.598 e. The van der Waals surface area contributed by atoms with E-state index in [0.717, 1.165) is 16.7 Å². The molecule has 1 aromatic carbocycles. The Bertz CT molecular complexity index is 1270. The number of barbiturate groups is 1. The Morgan fingerprint density at radius 3 is 2.51 bits per heavy atom. The van der Waals surface area contributed by atoms with Crippen molar-refractivity contribution < 1.29 is 37.2 Å². The van der Waals surface area contributed by atoms with Gasteiger partial charge in [-0.25, -0.2) is 13.6 Å². The molecule has 0 radical (unpaired) electrons. The highest BCUT2D eigenvalue weighted by Gasteiger charge is 2.46. The van der Waals surface area contributed by atoms with Crippen LogP contribution < -0.4 is 14.8 Å². The predicted octanol–water partition coefficient (Wildman–Crippen LogP) is 4.02. The van der Waals surface area contributed by atoms with Crippen molar-refractivity contribution in [3.05, 3.63) is 53.6 Å². The lowest BCUT2D eigenvalue weighted by atomic mass is 9.91. The van der Waals surface area contributed by atoms with E-state index >= 15 is 8.78 Å². The van der Waals surface area contributed by atoms with Crippen molar-refractivity contribution in [3.63, 3.8) is 0 Å². The minimum atomic E-state index is -2.06. The van der Waals surface area contributed by atoms with Gasteiger partial charge >= 0.3 is 6.03 Å². The van der Waals surface area contributed by atoms with Gasteiger partial charge in [-0.3, -0.25) is 24.8 Å². The van der Waals surface area contributed by atoms with Gasteiger partial charge in [-0.2, -0.15) is 0 Å². The molecule has 41 heavy (non-hydrogen) atoms. The van der Waals surface area contributed by atoms with E-state index in [1.807, 2.05) is 6.92 Å². The number of ether oxygens (including phenoxy) is 2. The molecule has 4 atom stereocenters. The molecule has 2 aliphatic rings. The first-order valence-corrected chi connectivity index (χ1v) is 14.5. The van der Waals surface area contributed by atoms with Crippen molar-refractivity contribution in [2.24, 2.45) is 5.92 Å². The third kappa shape index (κ3) is 7.39. The highest BCUT2D eigenvalue weighted by atomic mass is 32.2. The number of hydrogen-bond acceptors (Lipinski definition) is 8. The molecule has 2 fully saturated rings. The Morgan fingerprint density at radius 2 is 1.88 bits per heavy atom. The zero-order valence-corrected chi connectivity index (χ0v) is 24.1. The summed E-state index contributed by atoms with van der Waals surface area (Å²) < 4.78 is 57.4. The number of amides is 4. The largest absolute Gasteiger partial charge is 0.598 e. The molecule has 222 valence electrons. The van der Waals surface area contributed by atoms with Gasteiger partial charge in [-0.1, -0.05) is 0 Å². The summed E-state index contributed by atoms with van der Waals surface area (Å²) in [6.07, 6.45) is -0.468. The number of carbonyl (C=O) groups excluding carboxylic acids is 3. The molecule has 3 heterocycles. The van der Waals surface area contributed by atoms with E-state index < -0.39 is 70.4 Å². The van der Waals surface area contributed by atoms with E-state index in [4.69, 9.17) is 9.47 Å². The molecule has 2 N–H and O–H groups in total. The minimum absolute atomic E-state index is 0.176. The van der Waals surface area contributed by atoms with Gasteiger partial charge in [0.15, 0.2) is 0 Å². The zero-order chi connectivity index (χ0) is 29.9. The highest BCUT2D eigenvalue weighted by molar-refractivity contribution is 7.90. The average molecular weight is 593 g/mol. The van der Waals surface area contributed by atoms with Crippen LogP contribution in [0.2, 0.25) is 0 Å². The van der Waals surface area contributed by atoms with Crippen LogP contribution in [-0.2, 0) is 25.7 Å². The molecule has 0 saturated carbocycles. The Balaban J connectivity index is 1.62. The Kier molecular flexibility index (Phi) is 9.62. The quantitative estimate of drug-likeness (QED) is 0.330. The number of aromatic nitrogens is 1. The average Bonchev–Trinajstić information content (AvgIpc) is 2.92. The van der Waals surface area contributed by atoms with Crippen molar-refractivity contribution in [2.45, 2.75) is 70.0 Å². The summed E-state index contributed by atoms with van der Waals surface area (Å²) in [6.45, 7) is 7.48. The summed E-state index contributed by atoms with van der Waals surface area (Å²) in [5.74, 6) is -3.56. The second-order valence-electron chi connectivity index (χ2n) is 11.0. The number of carbonyl (C=O) groups is 3. The van der Waals surface area contributed by atoms with Gasteiger partial charge in [0, 0.05) is 48.3 Å². The van der Waals surface area contributed by atoms with Gasteiger partial charge in [-0.15, -0.1) is 4.72 Å². The summed E-state index contributed by atoms with van der Waals surface area (Å²) in [4.78, 5) is 43.7. The van der Waals surface area contributed by atoms with Crippen molar-refractivity contribution in [3.8, 4) is 11.5 Å². The van der Waals surface area contributed by atoms with Crippen molar-refractivity contribution >= 4 is 29.2 Å². The van der Waals surface area contributed by atoms with E-state index in [2.05, 4.69) is 15.0 Å². The molecular formula is C28H34F2N4O6S. The number of halogens is 2. The number of rotatable bonds is 9. The van der Waals surface area contributed by atoms with E-state index in [0.29, 0.717) is 31.8 Å². The van der Waals surface area contributed by atoms with E-state index in [1.165, 1.54) is 18.3 Å². The molecule has 10 nitrogen and oxygen atoms in total. The number of imide groups is 2. The van der Waals surface area contributed by atoms with Crippen LogP contribution in [0.15, 0.2) is 36.5 Å². The second-order valence-corrected chi connectivity index (χ2v) is 13.0. The number of urea groups is 1. The Morgan fingerprint density at radius 1 is 1.20 bits per heavy atom. The number of benzene rings is 1. The van der Waals surface area contributed by atoms with Gasteiger partial charge < -0.3 is 14.0 Å². The summed E-state index contributed by atoms with van der Waals surface area (Å²) in [5, 5.41) is 2.15. The molecule has 2 saturated heterocycles. The SMILES string of the molecule is Cc1ccc(Oc2ccc(F)c([C@H](N[S@+]([O-])C(C)(C)C)[C@@H](F)CC3C(=O)NC(=O)N(C4CCOCC4)C3=O)c2)cn1. The number of pyridine rings is 1. The van der Waals surface area contributed by atoms with Crippen LogP contribution in [0.3, 0.4) is 0 Å². The first kappa shape index (κ1) is 30.8. The fraction of sp³-hybridized carbons (Fsp3) is 0.500. The predicted molar refractivity (Wildman–Crippen MR) is 146 cm³/mol. The zero-order valence-electron chi connectivity index (χ0n) is 23.3. The summed E-state index contributed by atoms with van der Waals surface area (Å²) in [7, 11) is 0. The van der Waals surface area contributed by atoms with Gasteiger partial charge in [0.1, 0.15) is 40.2 Å². The molecule has 0 spiro atoms. The fourth-order valence-electron chi connectivity index (χ4n) is 4.59. The molecule has 0 bridgehead atoms. The maximum atomic E-state index is 16.2. The monoisotopic (exact) mass is 592 g/mol. The third-order valence-electron chi connectivity index (χ3n) is 6.89. The van der Waals surface area contributed by atoms with Crippen molar-refractivity contribution in [1.82, 2.24) is 19.9 Å². The highest BCUT2D eigenvalue weighted by Crippen LogP contribution is 2.34. The van der Waals surface area contributed by atoms with E-state index in [-0.39, 0.29) is 11.3 Å². The number of nitrogens with one attached hydrogen (secondary N) is 2. The molecule has 1 aromatic heterocycles. The van der Waals surface area contributed by atoms with Crippen LogP contribution in [0.1, 0.15) is 57.3 Å². The summed E-state index contributed by atoms with van der Waals surface area (Å²) in [6, 6.07) is 4.26. The number of nitrogens with zero attached hydrogens (tertiary/aromatic N) is 2. The Labute approximate surface area is 240 Å². The summed E-state index contributed by atoms with van der Waals surface area (Å²) in [5.41, 5.74) is 0.568. The second kappa shape index (κ2) is 12.8. The number of alkyl halides is 1. The number of aryl methyl sites for hydroxylation is 1.